The largest absolute Gasteiger partial charge is 0.339 e. The van der Waals surface area contributed by atoms with Crippen LogP contribution in [0.2, 0.25) is 0 Å². The van der Waals surface area contributed by atoms with Gasteiger partial charge in [-0.2, -0.15) is 5.10 Å². The van der Waals surface area contributed by atoms with Crippen LogP contribution in [0.5, 0.6) is 0 Å². The van der Waals surface area contributed by atoms with Gasteiger partial charge in [-0.05, 0) is 30.9 Å². The van der Waals surface area contributed by atoms with Crippen molar-refractivity contribution in [2.75, 3.05) is 31.1 Å². The summed E-state index contributed by atoms with van der Waals surface area (Å²) in [5.41, 5.74) is 1.75. The molecule has 1 aliphatic heterocycles. The Labute approximate surface area is 151 Å². The second kappa shape index (κ2) is 6.86. The molecule has 1 saturated heterocycles. The van der Waals surface area contributed by atoms with Crippen molar-refractivity contribution >= 4 is 11.9 Å². The Kier molecular flexibility index (Phi) is 4.40. The molecule has 2 aromatic heterocycles. The summed E-state index contributed by atoms with van der Waals surface area (Å²) >= 11 is 0. The van der Waals surface area contributed by atoms with Gasteiger partial charge in [-0.1, -0.05) is 0 Å². The fraction of sp³-hybridized carbons (Fsp3) is 0.500. The highest BCUT2D eigenvalue weighted by Crippen LogP contribution is 2.25. The zero-order valence-corrected chi connectivity index (χ0v) is 14.8. The summed E-state index contributed by atoms with van der Waals surface area (Å²) in [5, 5.41) is 4.32. The van der Waals surface area contributed by atoms with E-state index in [9.17, 15) is 9.59 Å². The second-order valence-electron chi connectivity index (χ2n) is 6.88. The number of aromatic nitrogens is 4. The molecule has 0 spiro atoms. The van der Waals surface area contributed by atoms with Crippen LogP contribution in [0.3, 0.4) is 0 Å². The summed E-state index contributed by atoms with van der Waals surface area (Å²) in [4.78, 5) is 37.3. The molecule has 8 heteroatoms. The van der Waals surface area contributed by atoms with Crippen LogP contribution in [-0.2, 0) is 24.7 Å². The lowest BCUT2D eigenvalue weighted by molar-refractivity contribution is -0.136. The van der Waals surface area contributed by atoms with Crippen molar-refractivity contribution in [3.05, 3.63) is 46.1 Å². The van der Waals surface area contributed by atoms with Crippen molar-refractivity contribution in [2.24, 2.45) is 13.0 Å². The third-order valence-electron chi connectivity index (χ3n) is 5.23. The number of carbonyl (C=O) groups excluding carboxylic acids is 1. The Hall–Kier alpha value is -2.77. The number of fused-ring (bicyclic) bond motifs is 1. The zero-order valence-electron chi connectivity index (χ0n) is 14.8. The Bertz CT molecular complexity index is 858. The zero-order chi connectivity index (χ0) is 18.1. The quantitative estimate of drug-likeness (QED) is 0.756. The number of hydrogen-bond acceptors (Lipinski definition) is 6. The second-order valence-corrected chi connectivity index (χ2v) is 6.88. The molecule has 1 unspecified atom stereocenters. The van der Waals surface area contributed by atoms with Crippen LogP contribution in [-0.4, -0.2) is 56.7 Å². The molecule has 2 aromatic rings. The number of amides is 1. The van der Waals surface area contributed by atoms with Gasteiger partial charge in [-0.15, -0.1) is 0 Å². The summed E-state index contributed by atoms with van der Waals surface area (Å²) in [5.74, 6) is 0.842. The predicted octanol–water partition coefficient (Wildman–Crippen LogP) is 0.0240. The van der Waals surface area contributed by atoms with Gasteiger partial charge in [0.25, 0.3) is 5.56 Å². The van der Waals surface area contributed by atoms with Gasteiger partial charge in [0.15, 0.2) is 0 Å². The third-order valence-corrected chi connectivity index (χ3v) is 5.23. The van der Waals surface area contributed by atoms with Crippen LogP contribution in [0.25, 0.3) is 0 Å². The lowest BCUT2D eigenvalue weighted by Crippen LogP contribution is -2.51. The first kappa shape index (κ1) is 16.7. The number of piperazine rings is 1. The van der Waals surface area contributed by atoms with Gasteiger partial charge in [0.2, 0.25) is 11.9 Å². The van der Waals surface area contributed by atoms with Crippen molar-refractivity contribution in [3.8, 4) is 0 Å². The van der Waals surface area contributed by atoms with Crippen molar-refractivity contribution < 1.29 is 4.79 Å². The summed E-state index contributed by atoms with van der Waals surface area (Å²) in [6, 6.07) is 3.43. The molecule has 0 radical (unpaired) electrons. The molecule has 1 atom stereocenters. The molecular formula is C18H22N6O2. The molecule has 26 heavy (non-hydrogen) atoms. The third kappa shape index (κ3) is 3.18. The van der Waals surface area contributed by atoms with Gasteiger partial charge in [-0.25, -0.2) is 14.6 Å². The molecule has 1 amide bonds. The summed E-state index contributed by atoms with van der Waals surface area (Å²) in [7, 11) is 1.66. The van der Waals surface area contributed by atoms with Gasteiger partial charge < -0.3 is 9.80 Å². The molecule has 0 saturated carbocycles. The summed E-state index contributed by atoms with van der Waals surface area (Å²) < 4.78 is 1.37. The highest BCUT2D eigenvalue weighted by Gasteiger charge is 2.31. The minimum atomic E-state index is -0.117. The van der Waals surface area contributed by atoms with E-state index in [4.69, 9.17) is 0 Å². The van der Waals surface area contributed by atoms with Crippen LogP contribution in [0.4, 0.5) is 5.95 Å². The predicted molar refractivity (Wildman–Crippen MR) is 95.8 cm³/mol. The fourth-order valence-electron chi connectivity index (χ4n) is 3.74. The Morgan fingerprint density at radius 3 is 2.62 bits per heavy atom. The topological polar surface area (TPSA) is 84.2 Å². The lowest BCUT2D eigenvalue weighted by atomic mass is 9.86. The smallest absolute Gasteiger partial charge is 0.266 e. The first-order valence-corrected chi connectivity index (χ1v) is 8.98. The van der Waals surface area contributed by atoms with Crippen LogP contribution in [0.1, 0.15) is 17.7 Å². The standard InChI is InChI=1S/C18H22N6O2/c1-22-16(25)12-14-11-13(3-4-15(14)21-22)17(26)23-7-9-24(10-8-23)18-19-5-2-6-20-18/h2,5-6,12-13H,3-4,7-11H2,1H3. The first-order chi connectivity index (χ1) is 12.6. The van der Waals surface area contributed by atoms with Crippen molar-refractivity contribution in [1.82, 2.24) is 24.6 Å². The van der Waals surface area contributed by atoms with E-state index in [2.05, 4.69) is 20.0 Å². The molecule has 136 valence electrons. The summed E-state index contributed by atoms with van der Waals surface area (Å²) in [6.07, 6.45) is 5.62. The highest BCUT2D eigenvalue weighted by atomic mass is 16.2. The van der Waals surface area contributed by atoms with Crippen LogP contribution in [0.15, 0.2) is 29.3 Å². The number of nitrogens with zero attached hydrogens (tertiary/aromatic N) is 6. The monoisotopic (exact) mass is 354 g/mol. The van der Waals surface area contributed by atoms with E-state index in [1.807, 2.05) is 4.90 Å². The SMILES string of the molecule is Cn1nc2c(cc1=O)CC(C(=O)N1CCN(c3ncccn3)CC1)CC2. The van der Waals surface area contributed by atoms with E-state index in [0.29, 0.717) is 25.5 Å². The maximum absolute atomic E-state index is 12.9. The maximum atomic E-state index is 12.9. The van der Waals surface area contributed by atoms with E-state index < -0.39 is 0 Å². The molecule has 1 aliphatic carbocycles. The molecular weight excluding hydrogens is 332 g/mol. The molecule has 4 rings (SSSR count). The maximum Gasteiger partial charge on any atom is 0.266 e. The molecule has 0 N–H and O–H groups in total. The van der Waals surface area contributed by atoms with E-state index in [-0.39, 0.29) is 17.4 Å². The molecule has 8 nitrogen and oxygen atoms in total. The highest BCUT2D eigenvalue weighted by molar-refractivity contribution is 5.79. The number of anilines is 1. The van der Waals surface area contributed by atoms with Crippen LogP contribution < -0.4 is 10.5 Å². The Morgan fingerprint density at radius 1 is 1.15 bits per heavy atom. The van der Waals surface area contributed by atoms with Gasteiger partial charge in [-0.3, -0.25) is 9.59 Å². The Morgan fingerprint density at radius 2 is 1.88 bits per heavy atom. The van der Waals surface area contributed by atoms with Crippen LogP contribution >= 0.6 is 0 Å². The first-order valence-electron chi connectivity index (χ1n) is 8.98. The number of aryl methyl sites for hydroxylation is 2. The molecule has 3 heterocycles. The van der Waals surface area contributed by atoms with E-state index in [1.54, 1.807) is 31.6 Å². The number of hydrogen-bond donors (Lipinski definition) is 0. The number of carbonyl (C=O) groups is 1. The fourth-order valence-corrected chi connectivity index (χ4v) is 3.74. The molecule has 0 bridgehead atoms. The van der Waals surface area contributed by atoms with Crippen molar-refractivity contribution in [1.29, 1.82) is 0 Å². The lowest BCUT2D eigenvalue weighted by Gasteiger charge is -2.37. The Balaban J connectivity index is 1.40. The molecule has 1 fully saturated rings. The molecule has 0 aromatic carbocycles. The summed E-state index contributed by atoms with van der Waals surface area (Å²) in [6.45, 7) is 2.83. The number of rotatable bonds is 2. The average Bonchev–Trinajstić information content (AvgIpc) is 2.69. The van der Waals surface area contributed by atoms with Gasteiger partial charge in [0, 0.05) is 57.6 Å². The van der Waals surface area contributed by atoms with E-state index >= 15 is 0 Å². The van der Waals surface area contributed by atoms with E-state index in [0.717, 1.165) is 37.2 Å². The van der Waals surface area contributed by atoms with Crippen LogP contribution in [0, 0.1) is 5.92 Å². The minimum Gasteiger partial charge on any atom is -0.339 e. The normalized spacial score (nSPS) is 20.0. The average molecular weight is 354 g/mol. The van der Waals surface area contributed by atoms with E-state index in [1.165, 1.54) is 4.68 Å². The molecule has 2 aliphatic rings. The van der Waals surface area contributed by atoms with Gasteiger partial charge in [0.05, 0.1) is 5.69 Å². The van der Waals surface area contributed by atoms with Crippen molar-refractivity contribution in [3.63, 3.8) is 0 Å². The minimum absolute atomic E-state index is 0.0593. The van der Waals surface area contributed by atoms with Gasteiger partial charge >= 0.3 is 0 Å². The van der Waals surface area contributed by atoms with Gasteiger partial charge in [0.1, 0.15) is 0 Å². The van der Waals surface area contributed by atoms with Crippen molar-refractivity contribution in [2.45, 2.75) is 19.3 Å².